The number of hydrogen-bond donors (Lipinski definition) is 1. The van der Waals surface area contributed by atoms with Crippen molar-refractivity contribution in [2.24, 2.45) is 5.92 Å². The number of nitrogens with one attached hydrogen (secondary N) is 1. The van der Waals surface area contributed by atoms with Crippen molar-refractivity contribution in [3.05, 3.63) is 0 Å². The van der Waals surface area contributed by atoms with Crippen LogP contribution in [0.5, 0.6) is 0 Å². The summed E-state index contributed by atoms with van der Waals surface area (Å²) in [6, 6.07) is 1.55. The highest BCUT2D eigenvalue weighted by Gasteiger charge is 2.31. The topological polar surface area (TPSA) is 21.3 Å². The molecule has 0 aliphatic heterocycles. The summed E-state index contributed by atoms with van der Waals surface area (Å²) in [7, 11) is 1.82. The van der Waals surface area contributed by atoms with Gasteiger partial charge < -0.3 is 10.1 Å². The van der Waals surface area contributed by atoms with Crippen LogP contribution < -0.4 is 5.32 Å². The lowest BCUT2D eigenvalue weighted by Gasteiger charge is -2.39. The Morgan fingerprint density at radius 2 is 1.64 bits per heavy atom. The van der Waals surface area contributed by atoms with Gasteiger partial charge in [0, 0.05) is 19.2 Å². The lowest BCUT2D eigenvalue weighted by Crippen LogP contribution is -2.49. The molecule has 2 aliphatic carbocycles. The van der Waals surface area contributed by atoms with E-state index in [-0.39, 0.29) is 0 Å². The normalized spacial score (nSPS) is 43.3. The van der Waals surface area contributed by atoms with Gasteiger partial charge >= 0.3 is 0 Å². The Labute approximate surface area is 87.4 Å². The summed E-state index contributed by atoms with van der Waals surface area (Å²) in [5.41, 5.74) is 0. The van der Waals surface area contributed by atoms with Crippen molar-refractivity contribution >= 4 is 0 Å². The first-order valence-corrected chi connectivity index (χ1v) is 6.06. The summed E-state index contributed by atoms with van der Waals surface area (Å²) in [6.07, 6.45) is 8.58. The minimum absolute atomic E-state index is 0.537. The number of ether oxygens (including phenoxy) is 1. The van der Waals surface area contributed by atoms with E-state index in [2.05, 4.69) is 12.2 Å². The molecule has 2 nitrogen and oxygen atoms in total. The fourth-order valence-corrected chi connectivity index (χ4v) is 2.65. The standard InChI is InChI=1S/C12H23NO/c1-9-3-5-10(6-4-9)13-11-7-12(8-11)14-2/h9-13H,3-8H2,1-2H3. The Bertz CT molecular complexity index is 169. The molecule has 0 aromatic heterocycles. The van der Waals surface area contributed by atoms with Crippen molar-refractivity contribution in [1.29, 1.82) is 0 Å². The monoisotopic (exact) mass is 197 g/mol. The molecule has 82 valence electrons. The lowest BCUT2D eigenvalue weighted by molar-refractivity contribution is 0.0123. The SMILES string of the molecule is COC1CC(NC2CCC(C)CC2)C1. The molecule has 0 saturated heterocycles. The average molecular weight is 197 g/mol. The van der Waals surface area contributed by atoms with Crippen LogP contribution in [0.3, 0.4) is 0 Å². The van der Waals surface area contributed by atoms with Gasteiger partial charge in [-0.3, -0.25) is 0 Å². The van der Waals surface area contributed by atoms with Crippen molar-refractivity contribution < 1.29 is 4.74 Å². The molecule has 0 aromatic rings. The van der Waals surface area contributed by atoms with Gasteiger partial charge in [-0.1, -0.05) is 6.92 Å². The van der Waals surface area contributed by atoms with Crippen LogP contribution in [0.4, 0.5) is 0 Å². The van der Waals surface area contributed by atoms with Crippen LogP contribution in [-0.2, 0) is 4.74 Å². The molecule has 0 radical (unpaired) electrons. The smallest absolute Gasteiger partial charge is 0.0601 e. The van der Waals surface area contributed by atoms with E-state index < -0.39 is 0 Å². The molecule has 0 aromatic carbocycles. The van der Waals surface area contributed by atoms with Gasteiger partial charge in [-0.2, -0.15) is 0 Å². The molecule has 0 amide bonds. The molecule has 0 bridgehead atoms. The molecular weight excluding hydrogens is 174 g/mol. The van der Waals surface area contributed by atoms with E-state index in [4.69, 9.17) is 4.74 Å². The summed E-state index contributed by atoms with van der Waals surface area (Å²) in [5.74, 6) is 0.959. The molecule has 2 saturated carbocycles. The maximum absolute atomic E-state index is 5.28. The van der Waals surface area contributed by atoms with Gasteiger partial charge in [-0.05, 0) is 44.4 Å². The first-order valence-electron chi connectivity index (χ1n) is 6.06. The molecular formula is C12H23NO. The molecule has 2 heteroatoms. The Kier molecular flexibility index (Phi) is 3.45. The second-order valence-electron chi connectivity index (χ2n) is 5.15. The highest BCUT2D eigenvalue weighted by Crippen LogP contribution is 2.28. The molecule has 14 heavy (non-hydrogen) atoms. The Morgan fingerprint density at radius 3 is 2.21 bits per heavy atom. The van der Waals surface area contributed by atoms with E-state index in [1.54, 1.807) is 0 Å². The number of hydrogen-bond acceptors (Lipinski definition) is 2. The van der Waals surface area contributed by atoms with Crippen molar-refractivity contribution in [2.45, 2.75) is 63.6 Å². The summed E-state index contributed by atoms with van der Waals surface area (Å²) in [5, 5.41) is 3.76. The van der Waals surface area contributed by atoms with Crippen molar-refractivity contribution in [1.82, 2.24) is 5.32 Å². The fraction of sp³-hybridized carbons (Fsp3) is 1.00. The van der Waals surface area contributed by atoms with Crippen LogP contribution >= 0.6 is 0 Å². The molecule has 0 heterocycles. The van der Waals surface area contributed by atoms with E-state index in [0.717, 1.165) is 18.0 Å². The van der Waals surface area contributed by atoms with Gasteiger partial charge in [0.25, 0.3) is 0 Å². The molecule has 1 N–H and O–H groups in total. The van der Waals surface area contributed by atoms with Crippen molar-refractivity contribution in [3.8, 4) is 0 Å². The van der Waals surface area contributed by atoms with Crippen LogP contribution in [0.15, 0.2) is 0 Å². The van der Waals surface area contributed by atoms with Crippen LogP contribution in [0.25, 0.3) is 0 Å². The summed E-state index contributed by atoms with van der Waals surface area (Å²) < 4.78 is 5.28. The zero-order valence-electron chi connectivity index (χ0n) is 9.46. The van der Waals surface area contributed by atoms with Gasteiger partial charge in [0.2, 0.25) is 0 Å². The lowest BCUT2D eigenvalue weighted by atomic mass is 9.84. The van der Waals surface area contributed by atoms with E-state index in [0.29, 0.717) is 6.10 Å². The Morgan fingerprint density at radius 1 is 1.00 bits per heavy atom. The summed E-state index contributed by atoms with van der Waals surface area (Å²) in [4.78, 5) is 0. The van der Waals surface area contributed by atoms with Gasteiger partial charge in [-0.25, -0.2) is 0 Å². The minimum atomic E-state index is 0.537. The largest absolute Gasteiger partial charge is 0.381 e. The molecule has 2 fully saturated rings. The zero-order chi connectivity index (χ0) is 9.97. The van der Waals surface area contributed by atoms with E-state index >= 15 is 0 Å². The summed E-state index contributed by atoms with van der Waals surface area (Å²) in [6.45, 7) is 2.38. The van der Waals surface area contributed by atoms with Crippen LogP contribution in [0.1, 0.15) is 45.4 Å². The van der Waals surface area contributed by atoms with Crippen LogP contribution in [-0.4, -0.2) is 25.3 Å². The molecule has 0 spiro atoms. The van der Waals surface area contributed by atoms with Gasteiger partial charge in [0.05, 0.1) is 6.10 Å². The van der Waals surface area contributed by atoms with Crippen molar-refractivity contribution in [2.75, 3.05) is 7.11 Å². The van der Waals surface area contributed by atoms with Gasteiger partial charge in [0.1, 0.15) is 0 Å². The highest BCUT2D eigenvalue weighted by atomic mass is 16.5. The maximum atomic E-state index is 5.28. The molecule has 0 atom stereocenters. The predicted molar refractivity (Wildman–Crippen MR) is 58.4 cm³/mol. The number of rotatable bonds is 3. The van der Waals surface area contributed by atoms with Crippen LogP contribution in [0, 0.1) is 5.92 Å². The summed E-state index contributed by atoms with van der Waals surface area (Å²) >= 11 is 0. The third-order valence-electron chi connectivity index (χ3n) is 3.92. The molecule has 2 aliphatic rings. The zero-order valence-corrected chi connectivity index (χ0v) is 9.46. The quantitative estimate of drug-likeness (QED) is 0.750. The average Bonchev–Trinajstić information content (AvgIpc) is 2.13. The second kappa shape index (κ2) is 4.63. The highest BCUT2D eigenvalue weighted by molar-refractivity contribution is 4.89. The molecule has 0 unspecified atom stereocenters. The van der Waals surface area contributed by atoms with E-state index in [1.165, 1.54) is 38.5 Å². The fourth-order valence-electron chi connectivity index (χ4n) is 2.65. The Hall–Kier alpha value is -0.0800. The second-order valence-corrected chi connectivity index (χ2v) is 5.15. The molecule has 2 rings (SSSR count). The first kappa shape index (κ1) is 10.4. The minimum Gasteiger partial charge on any atom is -0.381 e. The Balaban J connectivity index is 1.62. The third-order valence-corrected chi connectivity index (χ3v) is 3.92. The van der Waals surface area contributed by atoms with E-state index in [9.17, 15) is 0 Å². The number of methoxy groups -OCH3 is 1. The van der Waals surface area contributed by atoms with Crippen molar-refractivity contribution in [3.63, 3.8) is 0 Å². The third kappa shape index (κ3) is 2.48. The van der Waals surface area contributed by atoms with E-state index in [1.807, 2.05) is 7.11 Å². The first-order chi connectivity index (χ1) is 6.78. The predicted octanol–water partition coefficient (Wildman–Crippen LogP) is 2.33. The van der Waals surface area contributed by atoms with Gasteiger partial charge in [-0.15, -0.1) is 0 Å². The van der Waals surface area contributed by atoms with Gasteiger partial charge in [0.15, 0.2) is 0 Å². The maximum Gasteiger partial charge on any atom is 0.0601 e. The van der Waals surface area contributed by atoms with Crippen LogP contribution in [0.2, 0.25) is 0 Å².